The Morgan fingerprint density at radius 1 is 0.875 bits per heavy atom. The second kappa shape index (κ2) is 8.85. The summed E-state index contributed by atoms with van der Waals surface area (Å²) in [5.74, 6) is 2.56. The number of hydrogen-bond donors (Lipinski definition) is 2. The van der Waals surface area contributed by atoms with E-state index in [1.165, 1.54) is 0 Å². The van der Waals surface area contributed by atoms with E-state index in [1.54, 1.807) is 12.4 Å². The van der Waals surface area contributed by atoms with E-state index in [2.05, 4.69) is 26.3 Å². The maximum Gasteiger partial charge on any atom is 0.319 e. The standard InChI is InChI=1S/C25H22N4O3/c30-25-27-12-11-19-15-26-17-29(19)16-18-5-3-6-20(13-18)31-21-7-4-8-22(14-21)32-24-10-2-1-9-23(24)28-25/h1-10,13-15,17H,11-12,16H2,(H2,27,28,30). The fraction of sp³-hybridized carbons (Fsp3) is 0.120. The summed E-state index contributed by atoms with van der Waals surface area (Å²) in [6.45, 7) is 1.14. The molecule has 7 heteroatoms. The van der Waals surface area contributed by atoms with E-state index >= 15 is 0 Å². The van der Waals surface area contributed by atoms with Crippen molar-refractivity contribution in [1.29, 1.82) is 0 Å². The van der Waals surface area contributed by atoms with Crippen molar-refractivity contribution in [3.05, 3.63) is 96.6 Å². The largest absolute Gasteiger partial charge is 0.457 e. The lowest BCUT2D eigenvalue weighted by Crippen LogP contribution is -2.30. The van der Waals surface area contributed by atoms with Gasteiger partial charge in [0.25, 0.3) is 0 Å². The Labute approximate surface area is 185 Å². The minimum atomic E-state index is -0.294. The molecule has 0 saturated carbocycles. The summed E-state index contributed by atoms with van der Waals surface area (Å²) in [6.07, 6.45) is 4.29. The van der Waals surface area contributed by atoms with Gasteiger partial charge in [0.05, 0.1) is 12.0 Å². The van der Waals surface area contributed by atoms with Gasteiger partial charge in [-0.1, -0.05) is 30.3 Å². The molecule has 160 valence electrons. The summed E-state index contributed by atoms with van der Waals surface area (Å²) in [5, 5.41) is 5.77. The lowest BCUT2D eigenvalue weighted by atomic mass is 10.2. The van der Waals surface area contributed by atoms with Gasteiger partial charge in [-0.05, 0) is 42.0 Å². The highest BCUT2D eigenvalue weighted by molar-refractivity contribution is 5.90. The number of anilines is 1. The molecule has 3 aromatic carbocycles. The normalized spacial score (nSPS) is 13.7. The van der Waals surface area contributed by atoms with Crippen molar-refractivity contribution in [2.45, 2.75) is 13.0 Å². The number of urea groups is 1. The topological polar surface area (TPSA) is 77.4 Å². The van der Waals surface area contributed by atoms with Gasteiger partial charge in [0.1, 0.15) is 17.2 Å². The molecule has 1 aliphatic heterocycles. The van der Waals surface area contributed by atoms with Crippen LogP contribution in [0.15, 0.2) is 85.3 Å². The molecule has 2 N–H and O–H groups in total. The first kappa shape index (κ1) is 19.7. The molecule has 1 aliphatic rings. The predicted molar refractivity (Wildman–Crippen MR) is 122 cm³/mol. The van der Waals surface area contributed by atoms with Gasteiger partial charge in [-0.3, -0.25) is 0 Å². The molecule has 0 unspecified atom stereocenters. The van der Waals surface area contributed by atoms with Crippen molar-refractivity contribution in [2.75, 3.05) is 11.9 Å². The van der Waals surface area contributed by atoms with Gasteiger partial charge in [-0.2, -0.15) is 0 Å². The molecular formula is C25H22N4O3. The second-order valence-corrected chi connectivity index (χ2v) is 7.47. The highest BCUT2D eigenvalue weighted by Gasteiger charge is 2.11. The van der Waals surface area contributed by atoms with Crippen molar-refractivity contribution in [3.8, 4) is 23.0 Å². The van der Waals surface area contributed by atoms with Crippen LogP contribution in [0.5, 0.6) is 23.0 Å². The highest BCUT2D eigenvalue weighted by Crippen LogP contribution is 2.32. The first-order chi connectivity index (χ1) is 15.7. The molecule has 4 bridgehead atoms. The molecule has 0 radical (unpaired) electrons. The van der Waals surface area contributed by atoms with Crippen molar-refractivity contribution in [3.63, 3.8) is 0 Å². The minimum Gasteiger partial charge on any atom is -0.457 e. The van der Waals surface area contributed by atoms with Gasteiger partial charge in [0, 0.05) is 37.5 Å². The monoisotopic (exact) mass is 426 g/mol. The van der Waals surface area contributed by atoms with Crippen LogP contribution in [0.3, 0.4) is 0 Å². The molecule has 5 rings (SSSR count). The summed E-state index contributed by atoms with van der Waals surface area (Å²) >= 11 is 0. The van der Waals surface area contributed by atoms with Gasteiger partial charge in [0.15, 0.2) is 5.75 Å². The zero-order valence-electron chi connectivity index (χ0n) is 17.3. The number of nitrogens with zero attached hydrogens (tertiary/aromatic N) is 2. The van der Waals surface area contributed by atoms with E-state index in [-0.39, 0.29) is 6.03 Å². The number of carbonyl (C=O) groups excluding carboxylic acids is 1. The van der Waals surface area contributed by atoms with Crippen molar-refractivity contribution in [2.24, 2.45) is 0 Å². The highest BCUT2D eigenvalue weighted by atomic mass is 16.5. The van der Waals surface area contributed by atoms with Gasteiger partial charge in [-0.25, -0.2) is 9.78 Å². The molecule has 0 saturated heterocycles. The molecule has 32 heavy (non-hydrogen) atoms. The Balaban J connectivity index is 1.50. The average Bonchev–Trinajstić information content (AvgIpc) is 3.22. The maximum atomic E-state index is 12.5. The number of hydrogen-bond acceptors (Lipinski definition) is 4. The molecule has 2 heterocycles. The van der Waals surface area contributed by atoms with E-state index in [4.69, 9.17) is 9.47 Å². The van der Waals surface area contributed by atoms with Gasteiger partial charge < -0.3 is 24.7 Å². The predicted octanol–water partition coefficient (Wildman–Crippen LogP) is 5.19. The Bertz CT molecular complexity index is 1250. The van der Waals surface area contributed by atoms with Crippen molar-refractivity contribution in [1.82, 2.24) is 14.9 Å². The van der Waals surface area contributed by atoms with Crippen LogP contribution in [0.4, 0.5) is 10.5 Å². The van der Waals surface area contributed by atoms with Gasteiger partial charge in [-0.15, -0.1) is 0 Å². The number of aromatic nitrogens is 2. The molecule has 0 fully saturated rings. The summed E-state index contributed by atoms with van der Waals surface area (Å²) < 4.78 is 14.2. The molecule has 0 aliphatic carbocycles. The fourth-order valence-electron chi connectivity index (χ4n) is 3.60. The van der Waals surface area contributed by atoms with Gasteiger partial charge >= 0.3 is 6.03 Å². The van der Waals surface area contributed by atoms with Crippen LogP contribution in [-0.2, 0) is 13.0 Å². The van der Waals surface area contributed by atoms with Gasteiger partial charge in [0.2, 0.25) is 0 Å². The SMILES string of the molecule is O=C1NCCc2cncn2Cc2cccc(c2)Oc2cccc(c2)Oc2ccccc2N1. The summed E-state index contributed by atoms with van der Waals surface area (Å²) in [6, 6.07) is 22.4. The number of benzene rings is 3. The number of imidazole rings is 1. The lowest BCUT2D eigenvalue weighted by molar-refractivity contribution is 0.252. The van der Waals surface area contributed by atoms with Crippen LogP contribution < -0.4 is 20.1 Å². The van der Waals surface area contributed by atoms with Crippen molar-refractivity contribution < 1.29 is 14.3 Å². The Kier molecular flexibility index (Phi) is 5.45. The van der Waals surface area contributed by atoms with E-state index in [1.807, 2.05) is 66.9 Å². The summed E-state index contributed by atoms with van der Waals surface area (Å²) in [7, 11) is 0. The third-order valence-electron chi connectivity index (χ3n) is 5.12. The van der Waals surface area contributed by atoms with Crippen LogP contribution in [0.1, 0.15) is 11.3 Å². The third kappa shape index (κ3) is 4.57. The molecule has 4 aromatic rings. The van der Waals surface area contributed by atoms with E-state index in [0.29, 0.717) is 42.4 Å². The Morgan fingerprint density at radius 3 is 2.56 bits per heavy atom. The van der Waals surface area contributed by atoms with Crippen LogP contribution in [0.2, 0.25) is 0 Å². The first-order valence-corrected chi connectivity index (χ1v) is 10.4. The average molecular weight is 426 g/mol. The maximum absolute atomic E-state index is 12.5. The number of ether oxygens (including phenoxy) is 2. The van der Waals surface area contributed by atoms with Crippen LogP contribution in [0, 0.1) is 0 Å². The first-order valence-electron chi connectivity index (χ1n) is 10.4. The number of para-hydroxylation sites is 2. The van der Waals surface area contributed by atoms with Crippen LogP contribution in [0.25, 0.3) is 0 Å². The van der Waals surface area contributed by atoms with E-state index in [9.17, 15) is 4.79 Å². The number of amides is 2. The number of fused-ring (bicyclic) bond motifs is 6. The zero-order valence-corrected chi connectivity index (χ0v) is 17.3. The summed E-state index contributed by atoms with van der Waals surface area (Å²) in [4.78, 5) is 16.7. The molecule has 7 nitrogen and oxygen atoms in total. The fourth-order valence-corrected chi connectivity index (χ4v) is 3.60. The molecule has 0 spiro atoms. The lowest BCUT2D eigenvalue weighted by Gasteiger charge is -2.15. The number of nitrogens with one attached hydrogen (secondary N) is 2. The Hall–Kier alpha value is -4.26. The van der Waals surface area contributed by atoms with E-state index in [0.717, 1.165) is 17.0 Å². The second-order valence-electron chi connectivity index (χ2n) is 7.47. The molecule has 0 atom stereocenters. The van der Waals surface area contributed by atoms with E-state index < -0.39 is 0 Å². The Morgan fingerprint density at radius 2 is 1.66 bits per heavy atom. The molecular weight excluding hydrogens is 404 g/mol. The number of rotatable bonds is 0. The number of carbonyl (C=O) groups is 1. The van der Waals surface area contributed by atoms with Crippen molar-refractivity contribution >= 4 is 11.7 Å². The molecule has 1 aromatic heterocycles. The smallest absolute Gasteiger partial charge is 0.319 e. The molecule has 2 amide bonds. The van der Waals surface area contributed by atoms with Crippen LogP contribution >= 0.6 is 0 Å². The minimum absolute atomic E-state index is 0.294. The summed E-state index contributed by atoms with van der Waals surface area (Å²) in [5.41, 5.74) is 2.71. The third-order valence-corrected chi connectivity index (χ3v) is 5.12. The zero-order chi connectivity index (χ0) is 21.8. The van der Waals surface area contributed by atoms with Crippen LogP contribution in [-0.4, -0.2) is 22.1 Å². The quantitative estimate of drug-likeness (QED) is 0.405.